The molecule has 0 saturated heterocycles. The molecular weight excluding hydrogens is 203 g/mol. The molecule has 0 heterocycles. The van der Waals surface area contributed by atoms with Crippen LogP contribution in [0.1, 0.15) is 13.3 Å². The smallest absolute Gasteiger partial charge is 0.316 e. The molecule has 0 bridgehead atoms. The molecule has 15 heavy (non-hydrogen) atoms. The van der Waals surface area contributed by atoms with Crippen LogP contribution in [0.3, 0.4) is 0 Å². The van der Waals surface area contributed by atoms with Crippen molar-refractivity contribution in [3.63, 3.8) is 0 Å². The van der Waals surface area contributed by atoms with Gasteiger partial charge in [0.05, 0.1) is 11.0 Å². The Balaban J connectivity index is 2.81. The number of benzene rings is 1. The minimum atomic E-state index is -0.688. The molecule has 0 aromatic heterocycles. The Hall–Kier alpha value is -1.69. The summed E-state index contributed by atoms with van der Waals surface area (Å²) in [5, 5.41) is 10.5. The van der Waals surface area contributed by atoms with Crippen molar-refractivity contribution in [2.45, 2.75) is 13.3 Å². The van der Waals surface area contributed by atoms with Gasteiger partial charge in [-0.2, -0.15) is 5.48 Å². The van der Waals surface area contributed by atoms with Gasteiger partial charge in [-0.25, -0.2) is 4.39 Å². The highest BCUT2D eigenvalue weighted by Crippen LogP contribution is 2.26. The Bertz CT molecular complexity index is 357. The molecule has 1 aromatic carbocycles. The molecule has 5 nitrogen and oxygen atoms in total. The highest BCUT2D eigenvalue weighted by molar-refractivity contribution is 5.46. The Morgan fingerprint density at radius 3 is 2.93 bits per heavy atom. The van der Waals surface area contributed by atoms with Gasteiger partial charge in [-0.05, 0) is 18.6 Å². The quantitative estimate of drug-likeness (QED) is 0.462. The number of hydrogen-bond donors (Lipinski definition) is 1. The Morgan fingerprint density at radius 2 is 2.33 bits per heavy atom. The predicted octanol–water partition coefficient (Wildman–Crippen LogP) is 2.03. The lowest BCUT2D eigenvalue weighted by molar-refractivity contribution is -0.386. The Morgan fingerprint density at radius 1 is 1.60 bits per heavy atom. The van der Waals surface area contributed by atoms with Crippen LogP contribution in [0.25, 0.3) is 0 Å². The highest BCUT2D eigenvalue weighted by Gasteiger charge is 2.16. The third kappa shape index (κ3) is 3.17. The van der Waals surface area contributed by atoms with E-state index in [9.17, 15) is 14.5 Å². The van der Waals surface area contributed by atoms with Crippen LogP contribution in [-0.2, 0) is 0 Å². The first-order valence-electron chi connectivity index (χ1n) is 4.48. The number of nitro benzene ring substituents is 1. The van der Waals surface area contributed by atoms with Crippen molar-refractivity contribution in [1.82, 2.24) is 5.48 Å². The molecule has 0 unspecified atom stereocenters. The second-order valence-corrected chi connectivity index (χ2v) is 2.87. The van der Waals surface area contributed by atoms with Crippen LogP contribution in [0.5, 0.6) is 5.75 Å². The van der Waals surface area contributed by atoms with Gasteiger partial charge in [-0.15, -0.1) is 0 Å². The summed E-state index contributed by atoms with van der Waals surface area (Å²) in [7, 11) is 0. The van der Waals surface area contributed by atoms with Crippen LogP contribution in [-0.4, -0.2) is 11.5 Å². The summed E-state index contributed by atoms with van der Waals surface area (Å²) in [6, 6.07) is 3.15. The zero-order chi connectivity index (χ0) is 11.3. The van der Waals surface area contributed by atoms with E-state index in [0.29, 0.717) is 6.54 Å². The number of rotatable bonds is 5. The number of nitrogens with zero attached hydrogens (tertiary/aromatic N) is 1. The maximum absolute atomic E-state index is 12.7. The molecule has 0 saturated carbocycles. The number of nitro groups is 1. The van der Waals surface area contributed by atoms with E-state index >= 15 is 0 Å². The highest BCUT2D eigenvalue weighted by atomic mass is 19.1. The fraction of sp³-hybridized carbons (Fsp3) is 0.333. The van der Waals surface area contributed by atoms with Crippen molar-refractivity contribution in [2.75, 3.05) is 6.54 Å². The maximum Gasteiger partial charge on any atom is 0.316 e. The van der Waals surface area contributed by atoms with E-state index in [4.69, 9.17) is 4.84 Å². The van der Waals surface area contributed by atoms with Crippen LogP contribution in [0.2, 0.25) is 0 Å². The molecule has 1 aromatic rings. The lowest BCUT2D eigenvalue weighted by Crippen LogP contribution is -2.19. The second kappa shape index (κ2) is 5.26. The molecule has 0 spiro atoms. The summed E-state index contributed by atoms with van der Waals surface area (Å²) in [5.41, 5.74) is 2.15. The van der Waals surface area contributed by atoms with Crippen LogP contribution in [0.4, 0.5) is 10.1 Å². The SMILES string of the molecule is CCCNOc1ccc(F)cc1[N+](=O)[O-]. The first kappa shape index (κ1) is 11.4. The summed E-state index contributed by atoms with van der Waals surface area (Å²) in [6.07, 6.45) is 0.828. The topological polar surface area (TPSA) is 64.4 Å². The van der Waals surface area contributed by atoms with E-state index in [2.05, 4.69) is 5.48 Å². The zero-order valence-corrected chi connectivity index (χ0v) is 8.20. The van der Waals surface area contributed by atoms with Crippen LogP contribution in [0.15, 0.2) is 18.2 Å². The minimum Gasteiger partial charge on any atom is -0.401 e. The molecule has 82 valence electrons. The largest absolute Gasteiger partial charge is 0.401 e. The molecule has 0 aliphatic rings. The van der Waals surface area contributed by atoms with Gasteiger partial charge in [-0.1, -0.05) is 6.92 Å². The summed E-state index contributed by atoms with van der Waals surface area (Å²) >= 11 is 0. The van der Waals surface area contributed by atoms with Gasteiger partial charge in [0.25, 0.3) is 0 Å². The van der Waals surface area contributed by atoms with Crippen molar-refractivity contribution in [1.29, 1.82) is 0 Å². The Kier molecular flexibility index (Phi) is 3.99. The molecule has 0 atom stereocenters. The van der Waals surface area contributed by atoms with E-state index in [0.717, 1.165) is 18.6 Å². The fourth-order valence-corrected chi connectivity index (χ4v) is 0.950. The van der Waals surface area contributed by atoms with E-state index in [-0.39, 0.29) is 5.75 Å². The molecule has 0 aliphatic heterocycles. The third-order valence-electron chi connectivity index (χ3n) is 1.65. The molecule has 0 amide bonds. The van der Waals surface area contributed by atoms with E-state index in [1.165, 1.54) is 6.07 Å². The van der Waals surface area contributed by atoms with Crippen LogP contribution < -0.4 is 10.3 Å². The summed E-state index contributed by atoms with van der Waals surface area (Å²) in [6.45, 7) is 2.49. The van der Waals surface area contributed by atoms with Gasteiger partial charge < -0.3 is 4.84 Å². The predicted molar refractivity (Wildman–Crippen MR) is 52.0 cm³/mol. The summed E-state index contributed by atoms with van der Waals surface area (Å²) in [5.74, 6) is -0.653. The van der Waals surface area contributed by atoms with Crippen LogP contribution >= 0.6 is 0 Å². The molecular formula is C9H11FN2O3. The van der Waals surface area contributed by atoms with Crippen molar-refractivity contribution >= 4 is 5.69 Å². The van der Waals surface area contributed by atoms with Gasteiger partial charge in [0.1, 0.15) is 5.82 Å². The Labute approximate surface area is 86.0 Å². The fourth-order valence-electron chi connectivity index (χ4n) is 0.950. The molecule has 0 radical (unpaired) electrons. The monoisotopic (exact) mass is 214 g/mol. The van der Waals surface area contributed by atoms with Gasteiger partial charge >= 0.3 is 5.69 Å². The average Bonchev–Trinajstić information content (AvgIpc) is 2.20. The summed E-state index contributed by atoms with van der Waals surface area (Å²) in [4.78, 5) is 14.8. The van der Waals surface area contributed by atoms with Crippen molar-refractivity contribution < 1.29 is 14.2 Å². The van der Waals surface area contributed by atoms with E-state index in [1.807, 2.05) is 6.92 Å². The molecule has 1 rings (SSSR count). The molecule has 0 aliphatic carbocycles. The zero-order valence-electron chi connectivity index (χ0n) is 8.20. The lowest BCUT2D eigenvalue weighted by atomic mass is 10.3. The lowest BCUT2D eigenvalue weighted by Gasteiger charge is -2.05. The number of halogens is 1. The average molecular weight is 214 g/mol. The first-order valence-corrected chi connectivity index (χ1v) is 4.48. The maximum atomic E-state index is 12.7. The van der Waals surface area contributed by atoms with Gasteiger partial charge in [0, 0.05) is 6.54 Å². The van der Waals surface area contributed by atoms with Gasteiger partial charge in [0.2, 0.25) is 5.75 Å². The first-order chi connectivity index (χ1) is 7.15. The van der Waals surface area contributed by atoms with Crippen molar-refractivity contribution in [3.05, 3.63) is 34.1 Å². The number of hydroxylamine groups is 1. The third-order valence-corrected chi connectivity index (χ3v) is 1.65. The molecule has 1 N–H and O–H groups in total. The normalized spacial score (nSPS) is 10.0. The van der Waals surface area contributed by atoms with E-state index in [1.54, 1.807) is 0 Å². The van der Waals surface area contributed by atoms with Crippen LogP contribution in [0, 0.1) is 15.9 Å². The van der Waals surface area contributed by atoms with Gasteiger partial charge in [0.15, 0.2) is 0 Å². The minimum absolute atomic E-state index is 0.00912. The number of nitrogens with one attached hydrogen (secondary N) is 1. The standard InChI is InChI=1S/C9H11FN2O3/c1-2-5-11-15-9-4-3-7(10)6-8(9)12(13)14/h3-4,6,11H,2,5H2,1H3. The van der Waals surface area contributed by atoms with Crippen molar-refractivity contribution in [3.8, 4) is 5.75 Å². The van der Waals surface area contributed by atoms with E-state index < -0.39 is 16.4 Å². The number of hydrogen-bond acceptors (Lipinski definition) is 4. The summed E-state index contributed by atoms with van der Waals surface area (Å²) < 4.78 is 12.7. The molecule has 6 heteroatoms. The molecule has 0 fully saturated rings. The van der Waals surface area contributed by atoms with Crippen molar-refractivity contribution in [2.24, 2.45) is 0 Å². The second-order valence-electron chi connectivity index (χ2n) is 2.87. The van der Waals surface area contributed by atoms with Gasteiger partial charge in [-0.3, -0.25) is 10.1 Å².